The molecule has 0 radical (unpaired) electrons. The monoisotopic (exact) mass is 312 g/mol. The number of hydrogen-bond donors (Lipinski definition) is 0. The fraction of sp³-hybridized carbons (Fsp3) is 0.364. The molecule has 1 aliphatic carbocycles. The molecule has 0 saturated carbocycles. The maximum atomic E-state index is 13.2. The number of rotatable bonds is 2. The van der Waals surface area contributed by atoms with Crippen LogP contribution >= 0.6 is 0 Å². The fourth-order valence-corrected chi connectivity index (χ4v) is 2.38. The average molecular weight is 312 g/mol. The second kappa shape index (κ2) is 4.72. The molecule has 20 heavy (non-hydrogen) atoms. The number of fused-ring (bicyclic) bond motifs is 1. The molecule has 2 rings (SSSR count). The third-order valence-electron chi connectivity index (χ3n) is 2.72. The predicted molar refractivity (Wildman–Crippen MR) is 59.6 cm³/mol. The smallest absolute Gasteiger partial charge is 0.375 e. The Hall–Kier alpha value is -1.64. The number of carbonyl (C=O) groups is 1. The van der Waals surface area contributed by atoms with Crippen LogP contribution in [0.15, 0.2) is 18.2 Å². The van der Waals surface area contributed by atoms with Crippen LogP contribution in [0.2, 0.25) is 0 Å². The minimum Gasteiger partial charge on any atom is -0.375 e. The van der Waals surface area contributed by atoms with Gasteiger partial charge in [-0.05, 0) is 11.6 Å². The number of carbonyl (C=O) groups excluding carboxylic acids is 1. The van der Waals surface area contributed by atoms with Crippen LogP contribution in [0, 0.1) is 0 Å². The van der Waals surface area contributed by atoms with Crippen LogP contribution in [0.5, 0.6) is 5.75 Å². The molecule has 1 aliphatic rings. The molecule has 0 bridgehead atoms. The third kappa shape index (κ3) is 2.62. The van der Waals surface area contributed by atoms with Gasteiger partial charge in [0.1, 0.15) is 6.17 Å². The van der Waals surface area contributed by atoms with Gasteiger partial charge >= 0.3 is 15.6 Å². The van der Waals surface area contributed by atoms with Crippen molar-refractivity contribution in [2.75, 3.05) is 0 Å². The van der Waals surface area contributed by atoms with E-state index in [0.29, 0.717) is 0 Å². The largest absolute Gasteiger partial charge is 0.534 e. The van der Waals surface area contributed by atoms with Crippen LogP contribution in [0.4, 0.5) is 17.6 Å². The van der Waals surface area contributed by atoms with E-state index >= 15 is 0 Å². The summed E-state index contributed by atoms with van der Waals surface area (Å²) in [6.45, 7) is 0. The first-order valence-corrected chi connectivity index (χ1v) is 6.82. The van der Waals surface area contributed by atoms with Crippen LogP contribution < -0.4 is 4.18 Å². The van der Waals surface area contributed by atoms with Crippen molar-refractivity contribution < 1.29 is 35.0 Å². The zero-order valence-electron chi connectivity index (χ0n) is 9.78. The van der Waals surface area contributed by atoms with Gasteiger partial charge in [0.05, 0.1) is 5.56 Å². The van der Waals surface area contributed by atoms with Gasteiger partial charge in [0, 0.05) is 12.8 Å². The highest BCUT2D eigenvalue weighted by molar-refractivity contribution is 7.88. The van der Waals surface area contributed by atoms with Gasteiger partial charge in [-0.2, -0.15) is 21.6 Å². The van der Waals surface area contributed by atoms with Crippen LogP contribution in [-0.4, -0.2) is 25.9 Å². The predicted octanol–water partition coefficient (Wildman–Crippen LogP) is 2.38. The quantitative estimate of drug-likeness (QED) is 0.478. The van der Waals surface area contributed by atoms with Crippen molar-refractivity contribution in [1.29, 1.82) is 0 Å². The zero-order valence-corrected chi connectivity index (χ0v) is 10.6. The lowest BCUT2D eigenvalue weighted by atomic mass is 9.89. The Morgan fingerprint density at radius 2 is 1.85 bits per heavy atom. The van der Waals surface area contributed by atoms with Crippen molar-refractivity contribution >= 4 is 15.9 Å². The lowest BCUT2D eigenvalue weighted by Crippen LogP contribution is -2.29. The second-order valence-electron chi connectivity index (χ2n) is 4.20. The van der Waals surface area contributed by atoms with Gasteiger partial charge in [-0.15, -0.1) is 0 Å². The summed E-state index contributed by atoms with van der Waals surface area (Å²) in [6.07, 6.45) is -2.13. The van der Waals surface area contributed by atoms with Gasteiger partial charge in [0.2, 0.25) is 0 Å². The summed E-state index contributed by atoms with van der Waals surface area (Å²) in [5.74, 6) is -1.51. The molecule has 4 nitrogen and oxygen atoms in total. The van der Waals surface area contributed by atoms with E-state index in [-0.39, 0.29) is 17.5 Å². The highest BCUT2D eigenvalue weighted by atomic mass is 32.2. The number of halogens is 4. The molecule has 0 saturated heterocycles. The van der Waals surface area contributed by atoms with Crippen molar-refractivity contribution in [2.45, 2.75) is 24.5 Å². The first kappa shape index (κ1) is 14.8. The molecule has 1 aromatic rings. The number of benzene rings is 1. The standard InChI is InChI=1S/C11H8F4O4S/c12-7-4-6-2-1-3-9(10(6)8(16)5-7)19-20(17,18)11(13,14)15/h1-3,7H,4-5H2/t7-/m0/s1. The van der Waals surface area contributed by atoms with E-state index < -0.39 is 39.8 Å². The maximum absolute atomic E-state index is 13.2. The zero-order chi connectivity index (χ0) is 15.1. The maximum Gasteiger partial charge on any atom is 0.534 e. The van der Waals surface area contributed by atoms with E-state index in [1.54, 1.807) is 0 Å². The summed E-state index contributed by atoms with van der Waals surface area (Å²) >= 11 is 0. The van der Waals surface area contributed by atoms with Gasteiger partial charge in [-0.25, -0.2) is 4.39 Å². The molecule has 110 valence electrons. The van der Waals surface area contributed by atoms with Crippen LogP contribution in [0.25, 0.3) is 0 Å². The molecule has 0 amide bonds. The topological polar surface area (TPSA) is 60.4 Å². The van der Waals surface area contributed by atoms with Crippen molar-refractivity contribution in [3.63, 3.8) is 0 Å². The molecule has 0 aliphatic heterocycles. The Morgan fingerprint density at radius 1 is 1.20 bits per heavy atom. The fourth-order valence-electron chi connectivity index (χ4n) is 1.91. The second-order valence-corrected chi connectivity index (χ2v) is 5.74. The van der Waals surface area contributed by atoms with E-state index in [1.165, 1.54) is 12.1 Å². The Morgan fingerprint density at radius 3 is 2.45 bits per heavy atom. The normalized spacial score (nSPS) is 19.6. The van der Waals surface area contributed by atoms with Gasteiger partial charge in [-0.3, -0.25) is 4.79 Å². The van der Waals surface area contributed by atoms with Gasteiger partial charge < -0.3 is 4.18 Å². The molecule has 0 heterocycles. The van der Waals surface area contributed by atoms with E-state index in [0.717, 1.165) is 6.07 Å². The number of hydrogen-bond acceptors (Lipinski definition) is 4. The minimum atomic E-state index is -5.87. The Balaban J connectivity index is 2.46. The van der Waals surface area contributed by atoms with E-state index in [2.05, 4.69) is 4.18 Å². The lowest BCUT2D eigenvalue weighted by molar-refractivity contribution is -0.0500. The summed E-state index contributed by atoms with van der Waals surface area (Å²) in [5, 5.41) is 0. The average Bonchev–Trinajstić information content (AvgIpc) is 2.25. The molecule has 0 fully saturated rings. The SMILES string of the molecule is O=C1C[C@@H](F)Cc2cccc(OS(=O)(=O)C(F)(F)F)c21. The summed E-state index contributed by atoms with van der Waals surface area (Å²) in [4.78, 5) is 11.7. The highest BCUT2D eigenvalue weighted by Crippen LogP contribution is 2.34. The van der Waals surface area contributed by atoms with E-state index in [1.807, 2.05) is 0 Å². The number of ketones is 1. The first-order valence-electron chi connectivity index (χ1n) is 5.42. The number of alkyl halides is 4. The van der Waals surface area contributed by atoms with Crippen molar-refractivity contribution in [3.8, 4) is 5.75 Å². The lowest BCUT2D eigenvalue weighted by Gasteiger charge is -2.20. The van der Waals surface area contributed by atoms with Crippen molar-refractivity contribution in [1.82, 2.24) is 0 Å². The minimum absolute atomic E-state index is 0.128. The van der Waals surface area contributed by atoms with Gasteiger partial charge in [0.15, 0.2) is 11.5 Å². The number of Topliss-reactive ketones (excluding diaryl/α,β-unsaturated/α-hetero) is 1. The summed E-state index contributed by atoms with van der Waals surface area (Å²) < 4.78 is 75.8. The summed E-state index contributed by atoms with van der Waals surface area (Å²) in [7, 11) is -5.87. The van der Waals surface area contributed by atoms with Crippen LogP contribution in [-0.2, 0) is 16.5 Å². The molecule has 0 unspecified atom stereocenters. The van der Waals surface area contributed by atoms with E-state index in [9.17, 15) is 30.8 Å². The van der Waals surface area contributed by atoms with Crippen molar-refractivity contribution in [2.24, 2.45) is 0 Å². The molecule has 0 aromatic heterocycles. The Labute approximate surface area is 111 Å². The Kier molecular flexibility index (Phi) is 3.49. The van der Waals surface area contributed by atoms with Crippen LogP contribution in [0.1, 0.15) is 22.3 Å². The highest BCUT2D eigenvalue weighted by Gasteiger charge is 2.49. The van der Waals surface area contributed by atoms with E-state index in [4.69, 9.17) is 0 Å². The third-order valence-corrected chi connectivity index (χ3v) is 3.69. The molecule has 1 aromatic carbocycles. The van der Waals surface area contributed by atoms with Gasteiger partial charge in [-0.1, -0.05) is 12.1 Å². The summed E-state index contributed by atoms with van der Waals surface area (Å²) in [5.41, 5.74) is -5.78. The van der Waals surface area contributed by atoms with Crippen LogP contribution in [0.3, 0.4) is 0 Å². The molecule has 0 N–H and O–H groups in total. The first-order chi connectivity index (χ1) is 9.12. The van der Waals surface area contributed by atoms with Gasteiger partial charge in [0.25, 0.3) is 0 Å². The summed E-state index contributed by atoms with van der Waals surface area (Å²) in [6, 6.07) is 3.47. The van der Waals surface area contributed by atoms with Crippen molar-refractivity contribution in [3.05, 3.63) is 29.3 Å². The molecular weight excluding hydrogens is 304 g/mol. The Bertz CT molecular complexity index is 651. The molecule has 0 spiro atoms. The molecule has 1 atom stereocenters. The molecule has 9 heteroatoms. The molecular formula is C11H8F4O4S.